The second-order valence-electron chi connectivity index (χ2n) is 3.89. The molecule has 0 bridgehead atoms. The molecule has 0 saturated carbocycles. The molecule has 0 amide bonds. The fraction of sp³-hybridized carbons (Fsp3) is 0. The van der Waals surface area contributed by atoms with Crippen LogP contribution in [0.2, 0.25) is 0 Å². The maximum atomic E-state index is 13.1. The number of benzene rings is 2. The first-order valence-corrected chi connectivity index (χ1v) is 8.62. The number of hydrogen-bond donors (Lipinski definition) is 2. The van der Waals surface area contributed by atoms with Crippen molar-refractivity contribution in [3.63, 3.8) is 0 Å². The zero-order chi connectivity index (χ0) is 12.8. The van der Waals surface area contributed by atoms with Crippen LogP contribution >= 0.6 is 0 Å². The summed E-state index contributed by atoms with van der Waals surface area (Å²) >= 11 is -0.221. The molecule has 0 aliphatic carbocycles. The molecule has 2 aromatic carbocycles. The van der Waals surface area contributed by atoms with Gasteiger partial charge in [0.2, 0.25) is 0 Å². The van der Waals surface area contributed by atoms with E-state index in [1.165, 1.54) is 36.4 Å². The van der Waals surface area contributed by atoms with Crippen LogP contribution < -0.4 is 8.20 Å². The molecule has 0 atom stereocenters. The van der Waals surface area contributed by atoms with Crippen LogP contribution in [0.5, 0.6) is 0 Å². The molecule has 1 aliphatic heterocycles. The molecule has 94 valence electrons. The van der Waals surface area contributed by atoms with Gasteiger partial charge in [0, 0.05) is 0 Å². The summed E-state index contributed by atoms with van der Waals surface area (Å²) in [4.78, 5) is 1.19. The third-order valence-corrected chi connectivity index (χ3v) is 8.88. The van der Waals surface area contributed by atoms with E-state index in [0.717, 1.165) is 4.46 Å². The van der Waals surface area contributed by atoms with E-state index in [4.69, 9.17) is 0 Å². The van der Waals surface area contributed by atoms with Gasteiger partial charge in [-0.3, -0.25) is 0 Å². The van der Waals surface area contributed by atoms with Crippen molar-refractivity contribution >= 4 is 29.8 Å². The van der Waals surface area contributed by atoms with Crippen molar-refractivity contribution in [3.8, 4) is 0 Å². The third kappa shape index (κ3) is 1.82. The third-order valence-electron chi connectivity index (χ3n) is 2.74. The van der Waals surface area contributed by atoms with Gasteiger partial charge < -0.3 is 0 Å². The van der Waals surface area contributed by atoms with E-state index in [1.807, 2.05) is 0 Å². The molecular formula is C12H9F2NOSSe. The Morgan fingerprint density at radius 2 is 1.67 bits per heavy atom. The van der Waals surface area contributed by atoms with E-state index in [1.54, 1.807) is 6.07 Å². The van der Waals surface area contributed by atoms with Gasteiger partial charge in [-0.05, 0) is 0 Å². The van der Waals surface area contributed by atoms with Gasteiger partial charge in [-0.25, -0.2) is 0 Å². The number of thiol groups is 1. The fourth-order valence-corrected chi connectivity index (χ4v) is 8.25. The Morgan fingerprint density at radius 3 is 2.39 bits per heavy atom. The molecule has 1 N–H and O–H groups in total. The minimum absolute atomic E-state index is 0.221. The monoisotopic (exact) mass is 333 g/mol. The summed E-state index contributed by atoms with van der Waals surface area (Å²) in [5, 5.41) is 0. The van der Waals surface area contributed by atoms with Gasteiger partial charge in [0.25, 0.3) is 0 Å². The molecule has 6 heteroatoms. The summed E-state index contributed by atoms with van der Waals surface area (Å²) in [5.74, 6) is -0.695. The summed E-state index contributed by atoms with van der Waals surface area (Å²) in [6.45, 7) is 0. The predicted octanol–water partition coefficient (Wildman–Crippen LogP) is 1.16. The molecule has 1 heterocycles. The van der Waals surface area contributed by atoms with Gasteiger partial charge in [-0.1, -0.05) is 0 Å². The van der Waals surface area contributed by atoms with Crippen molar-refractivity contribution < 1.29 is 13.0 Å². The van der Waals surface area contributed by atoms with E-state index in [2.05, 4.69) is 3.74 Å². The second kappa shape index (κ2) is 4.24. The molecule has 3 rings (SSSR count). The van der Waals surface area contributed by atoms with Crippen LogP contribution in [0.3, 0.4) is 0 Å². The number of hydrogen-bond acceptors (Lipinski definition) is 1. The standard InChI is InChI=1S/C12H9F2NOSSe/c13-8-1-4-10(5-2-8)17(16)11-6-3-9(14)7-12(11)18-15-17/h1-7,17H,(H,15,16). The van der Waals surface area contributed by atoms with Crippen LogP contribution in [0, 0.1) is 11.6 Å². The van der Waals surface area contributed by atoms with Gasteiger partial charge in [0.05, 0.1) is 0 Å². The summed E-state index contributed by atoms with van der Waals surface area (Å²) in [5.41, 5.74) is 0. The minimum atomic E-state index is -2.91. The van der Waals surface area contributed by atoms with Gasteiger partial charge in [0.1, 0.15) is 0 Å². The van der Waals surface area contributed by atoms with Gasteiger partial charge in [-0.15, -0.1) is 0 Å². The van der Waals surface area contributed by atoms with Crippen LogP contribution in [0.4, 0.5) is 8.78 Å². The molecule has 2 aromatic rings. The molecular weight excluding hydrogens is 323 g/mol. The summed E-state index contributed by atoms with van der Waals surface area (Å²) in [6, 6.07) is 9.85. The summed E-state index contributed by atoms with van der Waals surface area (Å²) in [6.07, 6.45) is 0. The van der Waals surface area contributed by atoms with Gasteiger partial charge >= 0.3 is 110 Å². The Hall–Kier alpha value is -1.07. The predicted molar refractivity (Wildman–Crippen MR) is 67.4 cm³/mol. The van der Waals surface area contributed by atoms with Crippen LogP contribution in [0.25, 0.3) is 0 Å². The molecule has 0 unspecified atom stereocenters. The first-order valence-electron chi connectivity index (χ1n) is 5.20. The fourth-order valence-electron chi connectivity index (χ4n) is 1.84. The Labute approximate surface area is 110 Å². The Morgan fingerprint density at radius 1 is 1.00 bits per heavy atom. The normalized spacial score (nSPS) is 18.3. The van der Waals surface area contributed by atoms with Crippen LogP contribution in [0.1, 0.15) is 0 Å². The maximum absolute atomic E-state index is 13.1. The van der Waals surface area contributed by atoms with Crippen molar-refractivity contribution in [2.45, 2.75) is 9.79 Å². The van der Waals surface area contributed by atoms with Gasteiger partial charge in [0.15, 0.2) is 0 Å². The molecule has 18 heavy (non-hydrogen) atoms. The molecule has 0 saturated heterocycles. The topological polar surface area (TPSA) is 29.1 Å². The Bertz CT molecular complexity index is 660. The summed E-state index contributed by atoms with van der Waals surface area (Å²) < 4.78 is 42.7. The quantitative estimate of drug-likeness (QED) is 0.596. The average molecular weight is 332 g/mol. The van der Waals surface area contributed by atoms with E-state index in [9.17, 15) is 13.0 Å². The Balaban J connectivity index is 2.14. The number of rotatable bonds is 1. The molecule has 2 nitrogen and oxygen atoms in total. The molecule has 0 radical (unpaired) electrons. The van der Waals surface area contributed by atoms with Crippen molar-refractivity contribution in [1.29, 1.82) is 0 Å². The van der Waals surface area contributed by atoms with Crippen LogP contribution in [0.15, 0.2) is 52.3 Å². The SMILES string of the molecule is O=[SH]1(c2ccc(F)cc2)N[Se]c2cc(F)ccc21. The van der Waals surface area contributed by atoms with E-state index in [-0.39, 0.29) is 26.8 Å². The average Bonchev–Trinajstić information content (AvgIpc) is 2.68. The first kappa shape index (κ1) is 12.0. The zero-order valence-electron chi connectivity index (χ0n) is 9.06. The van der Waals surface area contributed by atoms with E-state index in [0.29, 0.717) is 9.79 Å². The van der Waals surface area contributed by atoms with Crippen molar-refractivity contribution in [3.05, 3.63) is 54.1 Å². The summed E-state index contributed by atoms with van der Waals surface area (Å²) in [7, 11) is -2.91. The molecule has 1 aliphatic rings. The molecule has 0 spiro atoms. The van der Waals surface area contributed by atoms with Gasteiger partial charge in [-0.2, -0.15) is 0 Å². The molecule has 0 fully saturated rings. The van der Waals surface area contributed by atoms with Crippen molar-refractivity contribution in [2.75, 3.05) is 0 Å². The number of fused-ring (bicyclic) bond motifs is 1. The van der Waals surface area contributed by atoms with Crippen LogP contribution in [-0.4, -0.2) is 19.4 Å². The van der Waals surface area contributed by atoms with Crippen molar-refractivity contribution in [1.82, 2.24) is 3.74 Å². The van der Waals surface area contributed by atoms with E-state index < -0.39 is 10.1 Å². The Kier molecular flexibility index (Phi) is 2.83. The number of halogens is 2. The molecule has 0 aromatic heterocycles. The van der Waals surface area contributed by atoms with E-state index >= 15 is 0 Å². The first-order chi connectivity index (χ1) is 8.59. The van der Waals surface area contributed by atoms with Crippen molar-refractivity contribution in [2.24, 2.45) is 0 Å². The van der Waals surface area contributed by atoms with Crippen LogP contribution in [-0.2, 0) is 10.1 Å². The second-order valence-corrected chi connectivity index (χ2v) is 8.79. The number of nitrogens with one attached hydrogen (secondary N) is 1. The zero-order valence-corrected chi connectivity index (χ0v) is 11.7.